The van der Waals surface area contributed by atoms with E-state index in [1.807, 2.05) is 32.2 Å². The summed E-state index contributed by atoms with van der Waals surface area (Å²) in [5, 5.41) is 8.45. The Labute approximate surface area is 110 Å². The van der Waals surface area contributed by atoms with Crippen molar-refractivity contribution < 1.29 is 0 Å². The van der Waals surface area contributed by atoms with Gasteiger partial charge in [0.1, 0.15) is 12.1 Å². The summed E-state index contributed by atoms with van der Waals surface area (Å²) in [6.45, 7) is 2.05. The smallest absolute Gasteiger partial charge is 0.163 e. The summed E-state index contributed by atoms with van der Waals surface area (Å²) >= 11 is 0. The molecule has 3 aromatic heterocycles. The van der Waals surface area contributed by atoms with Gasteiger partial charge in [0.25, 0.3) is 0 Å². The minimum absolute atomic E-state index is 0.0690. The molecule has 1 atom stereocenters. The van der Waals surface area contributed by atoms with Crippen molar-refractivity contribution in [2.24, 2.45) is 7.05 Å². The minimum Gasteiger partial charge on any atom is -0.361 e. The Bertz CT molecular complexity index is 691. The molecule has 0 saturated heterocycles. The molecule has 0 unspecified atom stereocenters. The Morgan fingerprint density at radius 1 is 1.21 bits per heavy atom. The Kier molecular flexibility index (Phi) is 2.83. The van der Waals surface area contributed by atoms with Crippen molar-refractivity contribution in [1.82, 2.24) is 24.7 Å². The molecule has 0 saturated carbocycles. The number of rotatable bonds is 3. The van der Waals surface area contributed by atoms with Gasteiger partial charge in [-0.15, -0.1) is 0 Å². The van der Waals surface area contributed by atoms with Gasteiger partial charge in [-0.3, -0.25) is 9.67 Å². The zero-order valence-corrected chi connectivity index (χ0v) is 10.8. The molecular formula is C13H14N6. The van der Waals surface area contributed by atoms with Gasteiger partial charge in [-0.2, -0.15) is 5.10 Å². The van der Waals surface area contributed by atoms with Crippen molar-refractivity contribution in [2.75, 3.05) is 5.32 Å². The number of hydrogen-bond donors (Lipinski definition) is 1. The van der Waals surface area contributed by atoms with Crippen LogP contribution in [0, 0.1) is 0 Å². The van der Waals surface area contributed by atoms with Crippen LogP contribution >= 0.6 is 0 Å². The summed E-state index contributed by atoms with van der Waals surface area (Å²) in [7, 11) is 1.86. The van der Waals surface area contributed by atoms with Gasteiger partial charge in [-0.25, -0.2) is 9.97 Å². The molecule has 0 amide bonds. The second kappa shape index (κ2) is 4.64. The predicted octanol–water partition coefficient (Wildman–Crippen LogP) is 1.93. The van der Waals surface area contributed by atoms with E-state index in [1.165, 1.54) is 6.33 Å². The van der Waals surface area contributed by atoms with Gasteiger partial charge in [-0.05, 0) is 19.1 Å². The fraction of sp³-hybridized carbons (Fsp3) is 0.231. The highest BCUT2D eigenvalue weighted by Crippen LogP contribution is 2.22. The van der Waals surface area contributed by atoms with E-state index in [2.05, 4.69) is 25.4 Å². The van der Waals surface area contributed by atoms with Gasteiger partial charge in [0.15, 0.2) is 5.65 Å². The Hall–Kier alpha value is -2.50. The zero-order chi connectivity index (χ0) is 13.2. The second-order valence-electron chi connectivity index (χ2n) is 4.35. The van der Waals surface area contributed by atoms with Crippen LogP contribution in [0.3, 0.4) is 0 Å². The molecule has 0 aliphatic heterocycles. The van der Waals surface area contributed by atoms with Crippen LogP contribution in [0.2, 0.25) is 0 Å². The van der Waals surface area contributed by atoms with Gasteiger partial charge in [0.2, 0.25) is 0 Å². The number of nitrogens with one attached hydrogen (secondary N) is 1. The normalized spacial score (nSPS) is 12.5. The SMILES string of the molecule is C[C@H](Nc1ncnc2c1cnn2C)c1ccccn1. The number of nitrogens with zero attached hydrogens (tertiary/aromatic N) is 5. The maximum absolute atomic E-state index is 4.33. The molecule has 0 aliphatic rings. The Morgan fingerprint density at radius 2 is 2.11 bits per heavy atom. The lowest BCUT2D eigenvalue weighted by atomic mass is 10.2. The van der Waals surface area contributed by atoms with Crippen molar-refractivity contribution in [1.29, 1.82) is 0 Å². The van der Waals surface area contributed by atoms with E-state index in [0.29, 0.717) is 0 Å². The second-order valence-corrected chi connectivity index (χ2v) is 4.35. The molecule has 0 spiro atoms. The van der Waals surface area contributed by atoms with Crippen LogP contribution in [-0.2, 0) is 7.05 Å². The van der Waals surface area contributed by atoms with E-state index in [4.69, 9.17) is 0 Å². The fourth-order valence-corrected chi connectivity index (χ4v) is 1.99. The first-order valence-electron chi connectivity index (χ1n) is 6.06. The predicted molar refractivity (Wildman–Crippen MR) is 72.6 cm³/mol. The van der Waals surface area contributed by atoms with Crippen LogP contribution in [-0.4, -0.2) is 24.7 Å². The van der Waals surface area contributed by atoms with Crippen LogP contribution in [0.1, 0.15) is 18.7 Å². The first-order chi connectivity index (χ1) is 9.25. The summed E-state index contributed by atoms with van der Waals surface area (Å²) in [5.41, 5.74) is 1.78. The molecule has 3 aromatic rings. The number of aromatic nitrogens is 5. The topological polar surface area (TPSA) is 68.5 Å². The molecule has 19 heavy (non-hydrogen) atoms. The average Bonchev–Trinajstić information content (AvgIpc) is 2.83. The maximum atomic E-state index is 4.33. The first kappa shape index (κ1) is 11.6. The van der Waals surface area contributed by atoms with Crippen molar-refractivity contribution in [3.8, 4) is 0 Å². The molecule has 3 heterocycles. The molecule has 0 aromatic carbocycles. The highest BCUT2D eigenvalue weighted by Gasteiger charge is 2.11. The first-order valence-corrected chi connectivity index (χ1v) is 6.06. The maximum Gasteiger partial charge on any atom is 0.163 e. The van der Waals surface area contributed by atoms with Crippen molar-refractivity contribution in [2.45, 2.75) is 13.0 Å². The van der Waals surface area contributed by atoms with Crippen molar-refractivity contribution in [3.63, 3.8) is 0 Å². The molecule has 6 heteroatoms. The molecule has 1 N–H and O–H groups in total. The summed E-state index contributed by atoms with van der Waals surface area (Å²) in [4.78, 5) is 12.8. The highest BCUT2D eigenvalue weighted by molar-refractivity contribution is 5.86. The van der Waals surface area contributed by atoms with Crippen LogP contribution in [0.5, 0.6) is 0 Å². The van der Waals surface area contributed by atoms with Crippen LogP contribution < -0.4 is 5.32 Å². The van der Waals surface area contributed by atoms with Gasteiger partial charge in [0.05, 0.1) is 23.3 Å². The molecular weight excluding hydrogens is 240 g/mol. The van der Waals surface area contributed by atoms with E-state index >= 15 is 0 Å². The van der Waals surface area contributed by atoms with Gasteiger partial charge < -0.3 is 5.32 Å². The lowest BCUT2D eigenvalue weighted by molar-refractivity contribution is 0.785. The number of fused-ring (bicyclic) bond motifs is 1. The van der Waals surface area contributed by atoms with Gasteiger partial charge in [-0.1, -0.05) is 6.07 Å². The van der Waals surface area contributed by atoms with Crippen molar-refractivity contribution in [3.05, 3.63) is 42.6 Å². The third-order valence-corrected chi connectivity index (χ3v) is 3.01. The largest absolute Gasteiger partial charge is 0.361 e. The number of aryl methyl sites for hydroxylation is 1. The number of anilines is 1. The Morgan fingerprint density at radius 3 is 2.89 bits per heavy atom. The van der Waals surface area contributed by atoms with Crippen LogP contribution in [0.25, 0.3) is 11.0 Å². The summed E-state index contributed by atoms with van der Waals surface area (Å²) in [5.74, 6) is 0.774. The number of hydrogen-bond acceptors (Lipinski definition) is 5. The average molecular weight is 254 g/mol. The summed E-state index contributed by atoms with van der Waals surface area (Å²) in [6.07, 6.45) is 5.09. The molecule has 96 valence electrons. The quantitative estimate of drug-likeness (QED) is 0.773. The molecule has 0 bridgehead atoms. The van der Waals surface area contributed by atoms with Crippen LogP contribution in [0.4, 0.5) is 5.82 Å². The lowest BCUT2D eigenvalue weighted by Crippen LogP contribution is -2.09. The van der Waals surface area contributed by atoms with E-state index in [0.717, 1.165) is 22.5 Å². The van der Waals surface area contributed by atoms with Crippen molar-refractivity contribution >= 4 is 16.9 Å². The van der Waals surface area contributed by atoms with E-state index in [9.17, 15) is 0 Å². The monoisotopic (exact) mass is 254 g/mol. The van der Waals surface area contributed by atoms with Crippen LogP contribution in [0.15, 0.2) is 36.9 Å². The summed E-state index contributed by atoms with van der Waals surface area (Å²) < 4.78 is 1.73. The van der Waals surface area contributed by atoms with Gasteiger partial charge in [0, 0.05) is 13.2 Å². The molecule has 3 rings (SSSR count). The minimum atomic E-state index is 0.0690. The van der Waals surface area contributed by atoms with Gasteiger partial charge >= 0.3 is 0 Å². The van der Waals surface area contributed by atoms with E-state index in [1.54, 1.807) is 17.1 Å². The third-order valence-electron chi connectivity index (χ3n) is 3.01. The number of pyridine rings is 1. The lowest BCUT2D eigenvalue weighted by Gasteiger charge is -2.14. The molecule has 0 fully saturated rings. The van der Waals surface area contributed by atoms with E-state index < -0.39 is 0 Å². The molecule has 0 radical (unpaired) electrons. The molecule has 6 nitrogen and oxygen atoms in total. The zero-order valence-electron chi connectivity index (χ0n) is 10.8. The standard InChI is InChI=1S/C13H14N6/c1-9(11-5-3-4-6-14-11)18-12-10-7-17-19(2)13(10)16-8-15-12/h3-9H,1-2H3,(H,15,16,18)/t9-/m0/s1. The van der Waals surface area contributed by atoms with E-state index in [-0.39, 0.29) is 6.04 Å². The Balaban J connectivity index is 1.93. The fourth-order valence-electron chi connectivity index (χ4n) is 1.99. The highest BCUT2D eigenvalue weighted by atomic mass is 15.3. The molecule has 0 aliphatic carbocycles. The summed E-state index contributed by atoms with van der Waals surface area (Å²) in [6, 6.07) is 5.93. The third kappa shape index (κ3) is 2.12.